The van der Waals surface area contributed by atoms with Crippen molar-refractivity contribution in [3.8, 4) is 17.2 Å². The van der Waals surface area contributed by atoms with Gasteiger partial charge in [-0.25, -0.2) is 13.4 Å². The van der Waals surface area contributed by atoms with Crippen molar-refractivity contribution in [3.63, 3.8) is 0 Å². The summed E-state index contributed by atoms with van der Waals surface area (Å²) < 4.78 is 38.3. The highest BCUT2D eigenvalue weighted by Gasteiger charge is 2.24. The maximum atomic E-state index is 12.7. The number of hydrogen-bond acceptors (Lipinski definition) is 6. The van der Waals surface area contributed by atoms with Crippen molar-refractivity contribution >= 4 is 21.6 Å². The van der Waals surface area contributed by atoms with Gasteiger partial charge < -0.3 is 19.4 Å². The molecule has 0 bridgehead atoms. The molecular formula is C21H22N4O5S. The molecule has 0 radical (unpaired) electrons. The third-order valence-electron chi connectivity index (χ3n) is 4.88. The van der Waals surface area contributed by atoms with Gasteiger partial charge in [-0.05, 0) is 30.7 Å². The van der Waals surface area contributed by atoms with Crippen LogP contribution in [0.2, 0.25) is 0 Å². The topological polar surface area (TPSA) is 103 Å². The van der Waals surface area contributed by atoms with Gasteiger partial charge in [-0.15, -0.1) is 0 Å². The molecule has 1 N–H and O–H groups in total. The fraction of sp³-hybridized carbons (Fsp3) is 0.238. The number of benzene rings is 2. The number of hydrogen-bond donors (Lipinski definition) is 1. The van der Waals surface area contributed by atoms with E-state index in [0.717, 1.165) is 27.6 Å². The van der Waals surface area contributed by atoms with E-state index in [-0.39, 0.29) is 19.9 Å². The second-order valence-corrected chi connectivity index (χ2v) is 8.96. The molecule has 0 aliphatic carbocycles. The molecule has 0 saturated heterocycles. The Kier molecular flexibility index (Phi) is 5.55. The molecule has 1 amide bonds. The van der Waals surface area contributed by atoms with Gasteiger partial charge in [0.05, 0.1) is 17.6 Å². The molecule has 0 fully saturated rings. The van der Waals surface area contributed by atoms with Gasteiger partial charge in [-0.3, -0.25) is 9.10 Å². The van der Waals surface area contributed by atoms with Gasteiger partial charge in [-0.1, -0.05) is 18.2 Å². The third-order valence-corrected chi connectivity index (χ3v) is 6.03. The summed E-state index contributed by atoms with van der Waals surface area (Å²) in [5, 5.41) is 2.81. The van der Waals surface area contributed by atoms with Crippen LogP contribution in [0.1, 0.15) is 11.4 Å². The number of carbonyl (C=O) groups excluding carboxylic acids is 1. The van der Waals surface area contributed by atoms with Gasteiger partial charge in [0, 0.05) is 25.0 Å². The molecule has 3 aromatic rings. The van der Waals surface area contributed by atoms with E-state index in [1.165, 1.54) is 0 Å². The summed E-state index contributed by atoms with van der Waals surface area (Å²) in [6, 6.07) is 12.4. The molecule has 4 rings (SSSR count). The predicted molar refractivity (Wildman–Crippen MR) is 115 cm³/mol. The fourth-order valence-electron chi connectivity index (χ4n) is 3.35. The van der Waals surface area contributed by atoms with Crippen LogP contribution < -0.4 is 19.1 Å². The summed E-state index contributed by atoms with van der Waals surface area (Å²) >= 11 is 0. The SMILES string of the molecule is Cc1nccn1-c1ccccc1CNC(=O)CN(c1ccc2c(c1)OCO2)S(C)(=O)=O. The largest absolute Gasteiger partial charge is 0.454 e. The number of amides is 1. The lowest BCUT2D eigenvalue weighted by Crippen LogP contribution is -2.40. The zero-order valence-corrected chi connectivity index (χ0v) is 17.9. The molecule has 1 aliphatic rings. The number of ether oxygens (including phenoxy) is 2. The number of sulfonamides is 1. The molecule has 31 heavy (non-hydrogen) atoms. The van der Waals surface area contributed by atoms with E-state index in [4.69, 9.17) is 9.47 Å². The first kappa shape index (κ1) is 20.7. The van der Waals surface area contributed by atoms with Gasteiger partial charge in [0.1, 0.15) is 12.4 Å². The van der Waals surface area contributed by atoms with Gasteiger partial charge in [0.2, 0.25) is 22.7 Å². The van der Waals surface area contributed by atoms with Crippen LogP contribution in [0.5, 0.6) is 11.5 Å². The van der Waals surface area contributed by atoms with E-state index >= 15 is 0 Å². The van der Waals surface area contributed by atoms with Crippen molar-refractivity contribution < 1.29 is 22.7 Å². The number of nitrogens with zero attached hydrogens (tertiary/aromatic N) is 3. The van der Waals surface area contributed by atoms with E-state index in [9.17, 15) is 13.2 Å². The molecule has 1 aliphatic heterocycles. The molecule has 1 aromatic heterocycles. The zero-order valence-electron chi connectivity index (χ0n) is 17.1. The van der Waals surface area contributed by atoms with Crippen molar-refractivity contribution in [1.29, 1.82) is 0 Å². The molecule has 9 nitrogen and oxygen atoms in total. The van der Waals surface area contributed by atoms with Crippen LogP contribution in [-0.2, 0) is 21.4 Å². The Morgan fingerprint density at radius 3 is 2.71 bits per heavy atom. The van der Waals surface area contributed by atoms with E-state index in [1.54, 1.807) is 24.4 Å². The van der Waals surface area contributed by atoms with Gasteiger partial charge in [0.15, 0.2) is 11.5 Å². The Labute approximate surface area is 180 Å². The number of nitrogens with one attached hydrogen (secondary N) is 1. The Hall–Kier alpha value is -3.53. The highest BCUT2D eigenvalue weighted by Crippen LogP contribution is 2.36. The number of aryl methyl sites for hydroxylation is 1. The maximum absolute atomic E-state index is 12.7. The first-order chi connectivity index (χ1) is 14.8. The molecule has 2 heterocycles. The van der Waals surface area contributed by atoms with Crippen LogP contribution in [0, 0.1) is 6.92 Å². The van der Waals surface area contributed by atoms with Crippen LogP contribution in [0.15, 0.2) is 54.9 Å². The second-order valence-electron chi connectivity index (χ2n) is 7.06. The third kappa shape index (κ3) is 4.48. The monoisotopic (exact) mass is 442 g/mol. The predicted octanol–water partition coefficient (Wildman–Crippen LogP) is 1.99. The standard InChI is InChI=1S/C21H22N4O5S/c1-15-22-9-10-24(15)18-6-4-3-5-16(18)12-23-21(26)13-25(31(2,27)28)17-7-8-19-20(11-17)30-14-29-19/h3-11H,12-14H2,1-2H3,(H,23,26). The van der Waals surface area contributed by atoms with Crippen molar-refractivity contribution in [1.82, 2.24) is 14.9 Å². The molecule has 0 spiro atoms. The summed E-state index contributed by atoms with van der Waals surface area (Å²) in [7, 11) is -3.70. The summed E-state index contributed by atoms with van der Waals surface area (Å²) in [5.41, 5.74) is 2.11. The normalized spacial score (nSPS) is 12.6. The summed E-state index contributed by atoms with van der Waals surface area (Å²) in [4.78, 5) is 16.9. The van der Waals surface area contributed by atoms with E-state index in [2.05, 4.69) is 10.3 Å². The van der Waals surface area contributed by atoms with E-state index < -0.39 is 15.9 Å². The number of fused-ring (bicyclic) bond motifs is 1. The number of anilines is 1. The number of rotatable bonds is 7. The number of para-hydroxylation sites is 1. The minimum absolute atomic E-state index is 0.0773. The van der Waals surface area contributed by atoms with Crippen LogP contribution >= 0.6 is 0 Å². The Bertz CT molecular complexity index is 1220. The quantitative estimate of drug-likeness (QED) is 0.600. The highest BCUT2D eigenvalue weighted by molar-refractivity contribution is 7.92. The first-order valence-corrected chi connectivity index (χ1v) is 11.4. The summed E-state index contributed by atoms with van der Waals surface area (Å²) in [6.07, 6.45) is 4.61. The lowest BCUT2D eigenvalue weighted by atomic mass is 10.1. The smallest absolute Gasteiger partial charge is 0.241 e. The average Bonchev–Trinajstić information content (AvgIpc) is 3.38. The molecule has 2 aromatic carbocycles. The lowest BCUT2D eigenvalue weighted by molar-refractivity contribution is -0.119. The maximum Gasteiger partial charge on any atom is 0.241 e. The van der Waals surface area contributed by atoms with Crippen LogP contribution in [0.3, 0.4) is 0 Å². The van der Waals surface area contributed by atoms with Gasteiger partial charge in [-0.2, -0.15) is 0 Å². The van der Waals surface area contributed by atoms with Crippen LogP contribution in [0.25, 0.3) is 5.69 Å². The summed E-state index contributed by atoms with van der Waals surface area (Å²) in [6.45, 7) is 1.86. The minimum atomic E-state index is -3.70. The van der Waals surface area contributed by atoms with Crippen molar-refractivity contribution in [2.75, 3.05) is 23.9 Å². The van der Waals surface area contributed by atoms with Crippen molar-refractivity contribution in [3.05, 3.63) is 66.2 Å². The van der Waals surface area contributed by atoms with Crippen molar-refractivity contribution in [2.45, 2.75) is 13.5 Å². The summed E-state index contributed by atoms with van der Waals surface area (Å²) in [5.74, 6) is 1.37. The number of imidazole rings is 1. The number of aromatic nitrogens is 2. The Morgan fingerprint density at radius 1 is 1.19 bits per heavy atom. The van der Waals surface area contributed by atoms with E-state index in [1.807, 2.05) is 42.0 Å². The molecule has 10 heteroatoms. The van der Waals surface area contributed by atoms with Crippen LogP contribution in [0.4, 0.5) is 5.69 Å². The zero-order chi connectivity index (χ0) is 22.0. The average molecular weight is 442 g/mol. The molecule has 0 unspecified atom stereocenters. The molecular weight excluding hydrogens is 420 g/mol. The Morgan fingerprint density at radius 2 is 1.97 bits per heavy atom. The minimum Gasteiger partial charge on any atom is -0.454 e. The fourth-order valence-corrected chi connectivity index (χ4v) is 4.20. The van der Waals surface area contributed by atoms with Crippen LogP contribution in [-0.4, -0.2) is 43.5 Å². The van der Waals surface area contributed by atoms with Gasteiger partial charge >= 0.3 is 0 Å². The van der Waals surface area contributed by atoms with E-state index in [0.29, 0.717) is 17.2 Å². The first-order valence-electron chi connectivity index (χ1n) is 9.55. The number of carbonyl (C=O) groups is 1. The highest BCUT2D eigenvalue weighted by atomic mass is 32.2. The lowest BCUT2D eigenvalue weighted by Gasteiger charge is -2.22. The van der Waals surface area contributed by atoms with Crippen molar-refractivity contribution in [2.24, 2.45) is 0 Å². The Balaban J connectivity index is 1.49. The second kappa shape index (κ2) is 8.31. The van der Waals surface area contributed by atoms with Gasteiger partial charge in [0.25, 0.3) is 0 Å². The molecule has 0 atom stereocenters. The molecule has 162 valence electrons. The molecule has 0 saturated carbocycles.